The molecule has 0 amide bonds. The number of nitrogens with zero attached hydrogens (tertiary/aromatic N) is 3. The molecule has 0 atom stereocenters. The Morgan fingerprint density at radius 1 is 0.846 bits per heavy atom. The third kappa shape index (κ3) is 10.1. The summed E-state index contributed by atoms with van der Waals surface area (Å²) in [6.45, 7) is 2.55. The lowest BCUT2D eigenvalue weighted by molar-refractivity contribution is -0.384. The molecule has 0 aromatic heterocycles. The fourth-order valence-electron chi connectivity index (χ4n) is 4.37. The van der Waals surface area contributed by atoms with E-state index in [-0.39, 0.29) is 28.9 Å². The van der Waals surface area contributed by atoms with Crippen molar-refractivity contribution < 1.29 is 13.3 Å². The topological polar surface area (TPSA) is 108 Å². The van der Waals surface area contributed by atoms with Gasteiger partial charge in [0.2, 0.25) is 10.0 Å². The molecular weight excluding hydrogens is 514 g/mol. The van der Waals surface area contributed by atoms with Crippen molar-refractivity contribution >= 4 is 21.4 Å². The molecule has 0 saturated carbocycles. The van der Waals surface area contributed by atoms with Gasteiger partial charge in [-0.1, -0.05) is 60.7 Å². The van der Waals surface area contributed by atoms with Gasteiger partial charge < -0.3 is 15.1 Å². The number of likely N-dealkylation sites (N-methyl/N-ethyl adjacent to an activating group) is 1. The molecule has 2 N–H and O–H groups in total. The summed E-state index contributed by atoms with van der Waals surface area (Å²) in [5, 5.41) is 15.3. The van der Waals surface area contributed by atoms with Crippen molar-refractivity contribution in [3.05, 3.63) is 100 Å². The summed E-state index contributed by atoms with van der Waals surface area (Å²) >= 11 is 0. The molecule has 3 aromatic rings. The maximum Gasteiger partial charge on any atom is 0.293 e. The van der Waals surface area contributed by atoms with Gasteiger partial charge in [0, 0.05) is 25.2 Å². The molecule has 0 fully saturated rings. The fourth-order valence-corrected chi connectivity index (χ4v) is 5.41. The average molecular weight is 554 g/mol. The van der Waals surface area contributed by atoms with Gasteiger partial charge in [-0.15, -0.1) is 0 Å². The fraction of sp³-hybridized carbons (Fsp3) is 0.379. The van der Waals surface area contributed by atoms with Crippen molar-refractivity contribution in [1.29, 1.82) is 0 Å². The Kier molecular flexibility index (Phi) is 11.4. The van der Waals surface area contributed by atoms with Gasteiger partial charge in [-0.05, 0) is 76.8 Å². The van der Waals surface area contributed by atoms with Crippen LogP contribution < -0.4 is 10.0 Å². The van der Waals surface area contributed by atoms with Gasteiger partial charge in [-0.25, -0.2) is 13.1 Å². The van der Waals surface area contributed by atoms with Crippen molar-refractivity contribution in [2.45, 2.75) is 30.2 Å². The van der Waals surface area contributed by atoms with Crippen LogP contribution in [0.5, 0.6) is 0 Å². The zero-order valence-electron chi connectivity index (χ0n) is 22.9. The maximum absolute atomic E-state index is 12.9. The largest absolute Gasteiger partial charge is 0.376 e. The highest BCUT2D eigenvalue weighted by Crippen LogP contribution is 2.29. The van der Waals surface area contributed by atoms with Crippen LogP contribution in [0.3, 0.4) is 0 Å². The molecule has 0 unspecified atom stereocenters. The smallest absolute Gasteiger partial charge is 0.293 e. The van der Waals surface area contributed by atoms with E-state index in [4.69, 9.17) is 0 Å². The van der Waals surface area contributed by atoms with Gasteiger partial charge in [0.25, 0.3) is 5.69 Å². The van der Waals surface area contributed by atoms with E-state index >= 15 is 0 Å². The molecule has 3 aromatic carbocycles. The van der Waals surface area contributed by atoms with Gasteiger partial charge in [-0.2, -0.15) is 0 Å². The van der Waals surface area contributed by atoms with Gasteiger partial charge in [0.1, 0.15) is 5.69 Å². The summed E-state index contributed by atoms with van der Waals surface area (Å²) in [6.07, 6.45) is 2.28. The number of anilines is 1. The Labute approximate surface area is 232 Å². The Balaban J connectivity index is 1.73. The highest BCUT2D eigenvalue weighted by Gasteiger charge is 2.23. The van der Waals surface area contributed by atoms with Crippen LogP contribution in [-0.4, -0.2) is 76.5 Å². The number of hydrogen-bond acceptors (Lipinski definition) is 7. The molecule has 0 aliphatic rings. The lowest BCUT2D eigenvalue weighted by atomic mass is 9.98. The van der Waals surface area contributed by atoms with E-state index in [1.807, 2.05) is 81.8 Å². The Morgan fingerprint density at radius 3 is 1.97 bits per heavy atom. The highest BCUT2D eigenvalue weighted by atomic mass is 32.2. The van der Waals surface area contributed by atoms with Crippen LogP contribution in [-0.2, 0) is 22.9 Å². The molecule has 0 aliphatic carbocycles. The van der Waals surface area contributed by atoms with Crippen LogP contribution in [0.15, 0.2) is 83.8 Å². The zero-order chi connectivity index (χ0) is 28.3. The van der Waals surface area contributed by atoms with Gasteiger partial charge in [0.15, 0.2) is 0 Å². The van der Waals surface area contributed by atoms with Crippen molar-refractivity contribution in [3.63, 3.8) is 0 Å². The minimum Gasteiger partial charge on any atom is -0.376 e. The number of sulfonamides is 1. The van der Waals surface area contributed by atoms with E-state index < -0.39 is 14.9 Å². The predicted molar refractivity (Wildman–Crippen MR) is 157 cm³/mol. The maximum atomic E-state index is 12.9. The number of nitro benzene ring substituents is 1. The second-order valence-electron chi connectivity index (χ2n) is 10.0. The quantitative estimate of drug-likeness (QED) is 0.204. The molecule has 3 rings (SSSR count). The Hall–Kier alpha value is -3.31. The van der Waals surface area contributed by atoms with Crippen LogP contribution in [0.1, 0.15) is 17.5 Å². The third-order valence-electron chi connectivity index (χ3n) is 6.42. The molecule has 0 saturated heterocycles. The van der Waals surface area contributed by atoms with Crippen LogP contribution in [0.25, 0.3) is 0 Å². The van der Waals surface area contributed by atoms with E-state index in [1.54, 1.807) is 0 Å². The average Bonchev–Trinajstić information content (AvgIpc) is 2.89. The Morgan fingerprint density at radius 2 is 1.44 bits per heavy atom. The van der Waals surface area contributed by atoms with Gasteiger partial charge >= 0.3 is 0 Å². The molecule has 9 nitrogen and oxygen atoms in total. The second-order valence-corrected chi connectivity index (χ2v) is 11.8. The first-order chi connectivity index (χ1) is 18.6. The van der Waals surface area contributed by atoms with Crippen molar-refractivity contribution in [2.24, 2.45) is 0 Å². The molecule has 0 heterocycles. The first-order valence-electron chi connectivity index (χ1n) is 13.1. The molecular formula is C29H39N5O4S. The summed E-state index contributed by atoms with van der Waals surface area (Å²) in [7, 11) is 2.07. The summed E-state index contributed by atoms with van der Waals surface area (Å²) in [5.41, 5.74) is 2.22. The van der Waals surface area contributed by atoms with E-state index in [1.165, 1.54) is 12.1 Å². The van der Waals surface area contributed by atoms with Gasteiger partial charge in [-0.3, -0.25) is 10.1 Å². The molecule has 210 valence electrons. The predicted octanol–water partition coefficient (Wildman–Crippen LogP) is 4.02. The van der Waals surface area contributed by atoms with Crippen LogP contribution in [0.2, 0.25) is 0 Å². The van der Waals surface area contributed by atoms with E-state index in [0.717, 1.165) is 36.7 Å². The third-order valence-corrected chi connectivity index (χ3v) is 7.88. The molecule has 0 bridgehead atoms. The monoisotopic (exact) mass is 553 g/mol. The first kappa shape index (κ1) is 30.2. The number of hydrogen-bond donors (Lipinski definition) is 2. The number of nitro groups is 1. The molecule has 0 aliphatic heterocycles. The van der Waals surface area contributed by atoms with E-state index in [0.29, 0.717) is 19.4 Å². The van der Waals surface area contributed by atoms with Crippen molar-refractivity contribution in [3.8, 4) is 0 Å². The van der Waals surface area contributed by atoms with E-state index in [2.05, 4.69) is 19.8 Å². The van der Waals surface area contributed by atoms with Crippen molar-refractivity contribution in [1.82, 2.24) is 14.5 Å². The molecule has 0 radical (unpaired) electrons. The zero-order valence-corrected chi connectivity index (χ0v) is 23.7. The summed E-state index contributed by atoms with van der Waals surface area (Å²) in [6, 6.07) is 23.7. The SMILES string of the molecule is CN(C)CCCN(C)CCNS(=O)(=O)c1ccc(NC(Cc2ccccc2)Cc2ccccc2)c([N+](=O)[O-])c1. The molecule has 0 spiro atoms. The normalized spacial score (nSPS) is 11.8. The Bertz CT molecular complexity index is 1250. The number of rotatable bonds is 16. The lowest BCUT2D eigenvalue weighted by Crippen LogP contribution is -2.34. The second kappa shape index (κ2) is 14.7. The first-order valence-corrected chi connectivity index (χ1v) is 14.6. The number of benzene rings is 3. The number of nitrogens with one attached hydrogen (secondary N) is 2. The minimum absolute atomic E-state index is 0.127. The standard InChI is InChI=1S/C29H39N5O4S/c1-32(2)18-10-19-33(3)20-17-30-39(37,38)27-15-16-28(29(23-27)34(35)36)31-26(21-24-11-6-4-7-12-24)22-25-13-8-5-9-14-25/h4-9,11-16,23,26,30-31H,10,17-22H2,1-3H3. The van der Waals surface area contributed by atoms with Crippen molar-refractivity contribution in [2.75, 3.05) is 52.6 Å². The molecule has 39 heavy (non-hydrogen) atoms. The summed E-state index contributed by atoms with van der Waals surface area (Å²) in [4.78, 5) is 15.5. The summed E-state index contributed by atoms with van der Waals surface area (Å²) in [5.74, 6) is 0. The summed E-state index contributed by atoms with van der Waals surface area (Å²) < 4.78 is 28.4. The van der Waals surface area contributed by atoms with Crippen LogP contribution in [0, 0.1) is 10.1 Å². The van der Waals surface area contributed by atoms with Gasteiger partial charge in [0.05, 0.1) is 9.82 Å². The minimum atomic E-state index is -3.91. The van der Waals surface area contributed by atoms with E-state index in [9.17, 15) is 18.5 Å². The lowest BCUT2D eigenvalue weighted by Gasteiger charge is -2.21. The van der Waals surface area contributed by atoms with Crippen LogP contribution in [0.4, 0.5) is 11.4 Å². The van der Waals surface area contributed by atoms with Crippen LogP contribution >= 0.6 is 0 Å². The molecule has 10 heteroatoms. The highest BCUT2D eigenvalue weighted by molar-refractivity contribution is 7.89.